The van der Waals surface area contributed by atoms with Gasteiger partial charge in [-0.2, -0.15) is 0 Å². The SMILES string of the molecule is CCCC(CC)C(=O)Nc1ccc(/C=C/C(=O)N2CCC=C(C3=CCCC=C3)CC2)cn1. The fourth-order valence-electron chi connectivity index (χ4n) is 4.15. The Morgan fingerprint density at radius 2 is 2.03 bits per heavy atom. The minimum atomic E-state index is 0.0213. The van der Waals surface area contributed by atoms with Crippen molar-refractivity contribution in [1.82, 2.24) is 9.88 Å². The predicted molar refractivity (Wildman–Crippen MR) is 131 cm³/mol. The number of hydrogen-bond donors (Lipinski definition) is 1. The largest absolute Gasteiger partial charge is 0.339 e. The predicted octanol–water partition coefficient (Wildman–Crippen LogP) is 5.68. The van der Waals surface area contributed by atoms with Crippen LogP contribution in [-0.4, -0.2) is 34.8 Å². The molecule has 0 saturated heterocycles. The fourth-order valence-corrected chi connectivity index (χ4v) is 4.15. The zero-order valence-corrected chi connectivity index (χ0v) is 19.3. The van der Waals surface area contributed by atoms with Crippen LogP contribution in [0, 0.1) is 5.92 Å². The zero-order chi connectivity index (χ0) is 22.8. The first-order valence-electron chi connectivity index (χ1n) is 11.9. The van der Waals surface area contributed by atoms with Crippen LogP contribution >= 0.6 is 0 Å². The Kier molecular flexibility index (Phi) is 9.02. The Morgan fingerprint density at radius 3 is 2.72 bits per heavy atom. The van der Waals surface area contributed by atoms with E-state index in [1.54, 1.807) is 24.4 Å². The minimum absolute atomic E-state index is 0.0213. The Balaban J connectivity index is 1.51. The average molecular weight is 434 g/mol. The molecule has 1 atom stereocenters. The lowest BCUT2D eigenvalue weighted by molar-refractivity contribution is -0.125. The number of hydrogen-bond acceptors (Lipinski definition) is 3. The number of carbonyl (C=O) groups is 2. The first-order valence-corrected chi connectivity index (χ1v) is 11.9. The standard InChI is InChI=1S/C27H35N3O2/c1-3-9-22(4-2)27(32)29-25-15-13-21(20-28-25)14-16-26(31)30-18-8-12-24(17-19-30)23-10-6-5-7-11-23/h6,10-16,20,22H,3-5,7-9,17-19H2,1-2H3,(H,28,29,32)/b16-14+. The van der Waals surface area contributed by atoms with Crippen molar-refractivity contribution in [2.45, 2.75) is 58.8 Å². The molecule has 0 bridgehead atoms. The van der Waals surface area contributed by atoms with Gasteiger partial charge in [0.2, 0.25) is 11.8 Å². The van der Waals surface area contributed by atoms with Crippen LogP contribution in [-0.2, 0) is 9.59 Å². The van der Waals surface area contributed by atoms with E-state index in [1.165, 1.54) is 11.1 Å². The second-order valence-corrected chi connectivity index (χ2v) is 8.43. The van der Waals surface area contributed by atoms with Crippen molar-refractivity contribution >= 4 is 23.7 Å². The lowest BCUT2D eigenvalue weighted by Gasteiger charge is -2.19. The van der Waals surface area contributed by atoms with Crippen LogP contribution < -0.4 is 5.32 Å². The average Bonchev–Trinajstić information content (AvgIpc) is 3.09. The van der Waals surface area contributed by atoms with Gasteiger partial charge >= 0.3 is 0 Å². The summed E-state index contributed by atoms with van der Waals surface area (Å²) in [7, 11) is 0. The zero-order valence-electron chi connectivity index (χ0n) is 19.3. The van der Waals surface area contributed by atoms with E-state index in [1.807, 2.05) is 17.9 Å². The van der Waals surface area contributed by atoms with Crippen molar-refractivity contribution < 1.29 is 9.59 Å². The molecule has 1 unspecified atom stereocenters. The van der Waals surface area contributed by atoms with Crippen LogP contribution in [0.4, 0.5) is 5.82 Å². The van der Waals surface area contributed by atoms with Gasteiger partial charge in [0.15, 0.2) is 0 Å². The molecule has 0 spiro atoms. The first-order chi connectivity index (χ1) is 15.6. The summed E-state index contributed by atoms with van der Waals surface area (Å²) in [5.41, 5.74) is 3.51. The Hall–Kier alpha value is -2.95. The van der Waals surface area contributed by atoms with Crippen molar-refractivity contribution in [3.05, 3.63) is 65.4 Å². The van der Waals surface area contributed by atoms with Gasteiger partial charge in [-0.3, -0.25) is 9.59 Å². The molecule has 3 rings (SSSR count). The number of nitrogens with one attached hydrogen (secondary N) is 1. The Labute approximate surface area is 192 Å². The maximum absolute atomic E-state index is 12.7. The number of allylic oxidation sites excluding steroid dienone is 4. The van der Waals surface area contributed by atoms with Crippen molar-refractivity contribution in [3.63, 3.8) is 0 Å². The van der Waals surface area contributed by atoms with Crippen molar-refractivity contribution in [2.75, 3.05) is 18.4 Å². The number of anilines is 1. The van der Waals surface area contributed by atoms with Crippen LogP contribution in [0.2, 0.25) is 0 Å². The first kappa shape index (κ1) is 23.7. The third kappa shape index (κ3) is 6.78. The molecule has 1 aliphatic carbocycles. The van der Waals surface area contributed by atoms with Crippen LogP contribution in [0.1, 0.15) is 64.4 Å². The molecule has 0 saturated carbocycles. The van der Waals surface area contributed by atoms with E-state index < -0.39 is 0 Å². The summed E-state index contributed by atoms with van der Waals surface area (Å²) in [6.07, 6.45) is 20.8. The molecule has 2 aliphatic rings. The third-order valence-electron chi connectivity index (χ3n) is 6.07. The van der Waals surface area contributed by atoms with Crippen molar-refractivity contribution in [3.8, 4) is 0 Å². The highest BCUT2D eigenvalue weighted by Gasteiger charge is 2.17. The van der Waals surface area contributed by atoms with E-state index in [4.69, 9.17) is 0 Å². The number of amides is 2. The van der Waals surface area contributed by atoms with Crippen LogP contribution in [0.25, 0.3) is 6.08 Å². The van der Waals surface area contributed by atoms with E-state index in [-0.39, 0.29) is 17.7 Å². The summed E-state index contributed by atoms with van der Waals surface area (Å²) in [6, 6.07) is 3.66. The lowest BCUT2D eigenvalue weighted by atomic mass is 9.97. The normalized spacial score (nSPS) is 17.5. The van der Waals surface area contributed by atoms with Gasteiger partial charge in [0, 0.05) is 31.3 Å². The molecule has 32 heavy (non-hydrogen) atoms. The van der Waals surface area contributed by atoms with E-state index in [0.29, 0.717) is 5.82 Å². The summed E-state index contributed by atoms with van der Waals surface area (Å²) in [4.78, 5) is 31.3. The molecule has 1 N–H and O–H groups in total. The number of rotatable bonds is 8. The van der Waals surface area contributed by atoms with Gasteiger partial charge in [-0.05, 0) is 73.4 Å². The number of carbonyl (C=O) groups excluding carboxylic acids is 2. The highest BCUT2D eigenvalue weighted by atomic mass is 16.2. The second-order valence-electron chi connectivity index (χ2n) is 8.43. The number of aromatic nitrogens is 1. The monoisotopic (exact) mass is 433 g/mol. The molecule has 170 valence electrons. The molecule has 2 heterocycles. The molecule has 5 heteroatoms. The maximum Gasteiger partial charge on any atom is 0.246 e. The lowest BCUT2D eigenvalue weighted by Crippen LogP contribution is -2.30. The molecule has 5 nitrogen and oxygen atoms in total. The molecule has 1 aliphatic heterocycles. The molecule has 2 amide bonds. The van der Waals surface area contributed by atoms with E-state index >= 15 is 0 Å². The molecular weight excluding hydrogens is 398 g/mol. The van der Waals surface area contributed by atoms with Gasteiger partial charge in [-0.1, -0.05) is 44.6 Å². The highest BCUT2D eigenvalue weighted by Crippen LogP contribution is 2.24. The van der Waals surface area contributed by atoms with E-state index in [2.05, 4.69) is 41.5 Å². The summed E-state index contributed by atoms with van der Waals surface area (Å²) in [6.45, 7) is 5.59. The maximum atomic E-state index is 12.7. The fraction of sp³-hybridized carbons (Fsp3) is 0.444. The minimum Gasteiger partial charge on any atom is -0.339 e. The van der Waals surface area contributed by atoms with Crippen molar-refractivity contribution in [2.24, 2.45) is 5.92 Å². The summed E-state index contributed by atoms with van der Waals surface area (Å²) in [5.74, 6) is 0.614. The van der Waals surface area contributed by atoms with Gasteiger partial charge in [-0.15, -0.1) is 0 Å². The molecule has 0 radical (unpaired) electrons. The molecule has 1 aromatic rings. The quantitative estimate of drug-likeness (QED) is 0.536. The second kappa shape index (κ2) is 12.2. The van der Waals surface area contributed by atoms with Gasteiger partial charge in [0.25, 0.3) is 0 Å². The van der Waals surface area contributed by atoms with Crippen molar-refractivity contribution in [1.29, 1.82) is 0 Å². The summed E-state index contributed by atoms with van der Waals surface area (Å²) >= 11 is 0. The van der Waals surface area contributed by atoms with Crippen LogP contribution in [0.3, 0.4) is 0 Å². The smallest absolute Gasteiger partial charge is 0.246 e. The molecule has 0 aromatic carbocycles. The van der Waals surface area contributed by atoms with E-state index in [9.17, 15) is 9.59 Å². The van der Waals surface area contributed by atoms with Gasteiger partial charge < -0.3 is 10.2 Å². The van der Waals surface area contributed by atoms with Gasteiger partial charge in [0.1, 0.15) is 5.82 Å². The Morgan fingerprint density at radius 1 is 1.16 bits per heavy atom. The number of nitrogens with zero attached hydrogens (tertiary/aromatic N) is 2. The Bertz CT molecular complexity index is 909. The van der Waals surface area contributed by atoms with Crippen LogP contribution in [0.5, 0.6) is 0 Å². The van der Waals surface area contributed by atoms with Crippen LogP contribution in [0.15, 0.2) is 59.9 Å². The van der Waals surface area contributed by atoms with Gasteiger partial charge in [0.05, 0.1) is 0 Å². The summed E-state index contributed by atoms with van der Waals surface area (Å²) in [5, 5.41) is 2.90. The highest BCUT2D eigenvalue weighted by molar-refractivity contribution is 5.92. The molecular formula is C27H35N3O2. The molecule has 1 aromatic heterocycles. The number of pyridine rings is 1. The summed E-state index contributed by atoms with van der Waals surface area (Å²) < 4.78 is 0. The van der Waals surface area contributed by atoms with Gasteiger partial charge in [-0.25, -0.2) is 4.98 Å². The topological polar surface area (TPSA) is 62.3 Å². The third-order valence-corrected chi connectivity index (χ3v) is 6.07. The molecule has 0 fully saturated rings. The van der Waals surface area contributed by atoms with E-state index in [0.717, 1.165) is 63.6 Å².